The highest BCUT2D eigenvalue weighted by Gasteiger charge is 2.51. The van der Waals surface area contributed by atoms with Crippen LogP contribution in [0.3, 0.4) is 0 Å². The van der Waals surface area contributed by atoms with Gasteiger partial charge in [-0.3, -0.25) is 4.79 Å². The zero-order valence-electron chi connectivity index (χ0n) is 15.5. The molecule has 8 heteroatoms. The first-order valence-corrected chi connectivity index (χ1v) is 9.82. The zero-order valence-corrected chi connectivity index (χ0v) is 15.5. The SMILES string of the molecule is O=C(CCNC(=O)NC12CC3CC(CC(C3)C1)C2)Nc1cc(F)c(F)cc1F. The van der Waals surface area contributed by atoms with E-state index in [9.17, 15) is 22.8 Å². The van der Waals surface area contributed by atoms with Crippen LogP contribution < -0.4 is 16.0 Å². The molecular weight excluding hydrogens is 371 g/mol. The van der Waals surface area contributed by atoms with Gasteiger partial charge in [-0.05, 0) is 56.3 Å². The summed E-state index contributed by atoms with van der Waals surface area (Å²) in [6.45, 7) is 0.0648. The van der Waals surface area contributed by atoms with Crippen LogP contribution in [0.15, 0.2) is 12.1 Å². The van der Waals surface area contributed by atoms with Gasteiger partial charge in [-0.25, -0.2) is 18.0 Å². The second-order valence-electron chi connectivity index (χ2n) is 8.62. The summed E-state index contributed by atoms with van der Waals surface area (Å²) >= 11 is 0. The number of rotatable bonds is 5. The minimum absolute atomic E-state index is 0.0648. The number of halogens is 3. The van der Waals surface area contributed by atoms with Crippen LogP contribution in [0.1, 0.15) is 44.9 Å². The third kappa shape index (κ3) is 3.95. The smallest absolute Gasteiger partial charge is 0.315 e. The largest absolute Gasteiger partial charge is 0.338 e. The van der Waals surface area contributed by atoms with Crippen molar-refractivity contribution in [2.24, 2.45) is 17.8 Å². The molecule has 4 fully saturated rings. The summed E-state index contributed by atoms with van der Waals surface area (Å²) < 4.78 is 39.6. The monoisotopic (exact) mass is 395 g/mol. The molecule has 4 bridgehead atoms. The number of hydrogen-bond acceptors (Lipinski definition) is 2. The molecule has 3 N–H and O–H groups in total. The molecule has 3 amide bonds. The van der Waals surface area contributed by atoms with Crippen molar-refractivity contribution >= 4 is 17.6 Å². The maximum Gasteiger partial charge on any atom is 0.315 e. The summed E-state index contributed by atoms with van der Waals surface area (Å²) in [7, 11) is 0. The molecule has 0 aliphatic heterocycles. The molecule has 152 valence electrons. The van der Waals surface area contributed by atoms with E-state index in [1.54, 1.807) is 0 Å². The summed E-state index contributed by atoms with van der Waals surface area (Å²) in [5, 5.41) is 7.99. The summed E-state index contributed by atoms with van der Waals surface area (Å²) in [4.78, 5) is 24.2. The molecule has 0 spiro atoms. The third-order valence-electron chi connectivity index (χ3n) is 6.34. The lowest BCUT2D eigenvalue weighted by Crippen LogP contribution is -2.61. The second kappa shape index (κ2) is 7.29. The molecule has 5 rings (SSSR count). The first-order chi connectivity index (χ1) is 13.3. The maximum atomic E-state index is 13.6. The summed E-state index contributed by atoms with van der Waals surface area (Å²) in [6, 6.07) is 0.673. The molecule has 4 aliphatic rings. The number of urea groups is 1. The molecule has 0 atom stereocenters. The van der Waals surface area contributed by atoms with Crippen molar-refractivity contribution in [3.63, 3.8) is 0 Å². The standard InChI is InChI=1S/C20H24F3N3O2/c21-14-6-16(23)17(7-15(14)22)25-18(27)1-2-24-19(28)26-20-8-11-3-12(9-20)5-13(4-11)10-20/h6-7,11-13H,1-5,8-10H2,(H,25,27)(H2,24,26,28). The van der Waals surface area contributed by atoms with E-state index in [1.807, 2.05) is 0 Å². The van der Waals surface area contributed by atoms with E-state index in [1.165, 1.54) is 19.3 Å². The molecule has 28 heavy (non-hydrogen) atoms. The molecule has 4 saturated carbocycles. The van der Waals surface area contributed by atoms with Crippen LogP contribution in [-0.2, 0) is 4.79 Å². The van der Waals surface area contributed by atoms with Crippen LogP contribution in [0.4, 0.5) is 23.7 Å². The topological polar surface area (TPSA) is 70.2 Å². The minimum atomic E-state index is -1.32. The Kier molecular flexibility index (Phi) is 4.97. The van der Waals surface area contributed by atoms with Crippen LogP contribution in [0, 0.1) is 35.2 Å². The molecule has 1 aromatic rings. The fraction of sp³-hybridized carbons (Fsp3) is 0.600. The molecule has 0 aromatic heterocycles. The molecule has 0 heterocycles. The van der Waals surface area contributed by atoms with E-state index >= 15 is 0 Å². The molecule has 0 unspecified atom stereocenters. The zero-order chi connectivity index (χ0) is 19.9. The Labute approximate surface area is 161 Å². The van der Waals surface area contributed by atoms with Crippen molar-refractivity contribution in [3.8, 4) is 0 Å². The van der Waals surface area contributed by atoms with Gasteiger partial charge < -0.3 is 16.0 Å². The number of nitrogens with one attached hydrogen (secondary N) is 3. The Bertz CT molecular complexity index is 764. The minimum Gasteiger partial charge on any atom is -0.338 e. The molecule has 1 aromatic carbocycles. The van der Waals surface area contributed by atoms with E-state index in [-0.39, 0.29) is 24.5 Å². The van der Waals surface area contributed by atoms with Gasteiger partial charge in [0.05, 0.1) is 5.69 Å². The van der Waals surface area contributed by atoms with Crippen molar-refractivity contribution in [2.75, 3.05) is 11.9 Å². The van der Waals surface area contributed by atoms with Gasteiger partial charge in [0.2, 0.25) is 5.91 Å². The Balaban J connectivity index is 1.23. The van der Waals surface area contributed by atoms with Gasteiger partial charge in [0.1, 0.15) is 5.82 Å². The van der Waals surface area contributed by atoms with E-state index in [4.69, 9.17) is 0 Å². The van der Waals surface area contributed by atoms with Crippen LogP contribution in [-0.4, -0.2) is 24.0 Å². The predicted octanol–water partition coefficient (Wildman–Crippen LogP) is 3.70. The van der Waals surface area contributed by atoms with Crippen molar-refractivity contribution in [1.29, 1.82) is 0 Å². The Hall–Kier alpha value is -2.25. The fourth-order valence-electron chi connectivity index (χ4n) is 5.67. The van der Waals surface area contributed by atoms with Crippen molar-refractivity contribution in [3.05, 3.63) is 29.6 Å². The first kappa shape index (κ1) is 19.1. The lowest BCUT2D eigenvalue weighted by molar-refractivity contribution is -0.116. The normalized spacial score (nSPS) is 30.2. The second-order valence-corrected chi connectivity index (χ2v) is 8.62. The molecule has 0 radical (unpaired) electrons. The average molecular weight is 395 g/mol. The Morgan fingerprint density at radius 1 is 0.929 bits per heavy atom. The number of amides is 3. The number of carbonyl (C=O) groups is 2. The molecule has 4 aliphatic carbocycles. The Morgan fingerprint density at radius 3 is 2.11 bits per heavy atom. The van der Waals surface area contributed by atoms with Crippen molar-refractivity contribution in [2.45, 2.75) is 50.5 Å². The number of hydrogen-bond donors (Lipinski definition) is 3. The van der Waals surface area contributed by atoms with Crippen LogP contribution in [0.2, 0.25) is 0 Å². The van der Waals surface area contributed by atoms with Gasteiger partial charge >= 0.3 is 6.03 Å². The van der Waals surface area contributed by atoms with Gasteiger partial charge in [0.25, 0.3) is 0 Å². The van der Waals surface area contributed by atoms with E-state index < -0.39 is 29.0 Å². The lowest BCUT2D eigenvalue weighted by atomic mass is 9.53. The molecule has 0 saturated heterocycles. The number of anilines is 1. The maximum absolute atomic E-state index is 13.6. The Morgan fingerprint density at radius 2 is 1.50 bits per heavy atom. The highest BCUT2D eigenvalue weighted by molar-refractivity contribution is 5.91. The number of benzene rings is 1. The van der Waals surface area contributed by atoms with Gasteiger partial charge in [-0.15, -0.1) is 0 Å². The number of carbonyl (C=O) groups excluding carboxylic acids is 2. The fourth-order valence-corrected chi connectivity index (χ4v) is 5.67. The van der Waals surface area contributed by atoms with Crippen LogP contribution >= 0.6 is 0 Å². The van der Waals surface area contributed by atoms with E-state index in [2.05, 4.69) is 16.0 Å². The first-order valence-electron chi connectivity index (χ1n) is 9.82. The van der Waals surface area contributed by atoms with Crippen LogP contribution in [0.5, 0.6) is 0 Å². The van der Waals surface area contributed by atoms with Crippen LogP contribution in [0.25, 0.3) is 0 Å². The third-order valence-corrected chi connectivity index (χ3v) is 6.34. The van der Waals surface area contributed by atoms with Gasteiger partial charge in [0.15, 0.2) is 11.6 Å². The van der Waals surface area contributed by atoms with Crippen molar-refractivity contribution < 1.29 is 22.8 Å². The van der Waals surface area contributed by atoms with E-state index in [0.29, 0.717) is 29.9 Å². The van der Waals surface area contributed by atoms with Gasteiger partial charge in [-0.2, -0.15) is 0 Å². The summed E-state index contributed by atoms with van der Waals surface area (Å²) in [5.74, 6) is -2.09. The quantitative estimate of drug-likeness (QED) is 0.666. The van der Waals surface area contributed by atoms with Gasteiger partial charge in [-0.1, -0.05) is 0 Å². The predicted molar refractivity (Wildman–Crippen MR) is 97.0 cm³/mol. The van der Waals surface area contributed by atoms with Gasteiger partial charge in [0, 0.05) is 30.6 Å². The average Bonchev–Trinajstić information content (AvgIpc) is 2.58. The lowest BCUT2D eigenvalue weighted by Gasteiger charge is -2.56. The highest BCUT2D eigenvalue weighted by atomic mass is 19.2. The molecular formula is C20H24F3N3O2. The molecule has 5 nitrogen and oxygen atoms in total. The van der Waals surface area contributed by atoms with E-state index in [0.717, 1.165) is 19.3 Å². The van der Waals surface area contributed by atoms with Crippen molar-refractivity contribution in [1.82, 2.24) is 10.6 Å². The highest BCUT2D eigenvalue weighted by Crippen LogP contribution is 2.55. The summed E-state index contributed by atoms with van der Waals surface area (Å²) in [5.41, 5.74) is -0.544. The summed E-state index contributed by atoms with van der Waals surface area (Å²) in [6.07, 6.45) is 6.83.